The standard InChI is InChI=1S/C9H8BrNO4/c1-5-2-3-6(9(12)13)7(4-10)8(5)11(14)15/h2-3H,4H2,1H3,(H,12,13). The van der Waals surface area contributed by atoms with E-state index in [1.165, 1.54) is 12.1 Å². The van der Waals surface area contributed by atoms with Crippen LogP contribution in [0, 0.1) is 17.0 Å². The van der Waals surface area contributed by atoms with E-state index in [1.807, 2.05) is 0 Å². The molecule has 0 radical (unpaired) electrons. The number of aryl methyl sites for hydroxylation is 1. The molecular formula is C9H8BrNO4. The number of nitro benzene ring substituents is 1. The molecule has 0 spiro atoms. The van der Waals surface area contributed by atoms with E-state index >= 15 is 0 Å². The second-order valence-corrected chi connectivity index (χ2v) is 3.51. The quantitative estimate of drug-likeness (QED) is 0.521. The molecule has 0 atom stereocenters. The van der Waals surface area contributed by atoms with Crippen molar-refractivity contribution in [3.63, 3.8) is 0 Å². The highest BCUT2D eigenvalue weighted by atomic mass is 79.9. The number of hydrogen-bond donors (Lipinski definition) is 1. The molecule has 0 unspecified atom stereocenters. The fourth-order valence-electron chi connectivity index (χ4n) is 1.34. The number of benzene rings is 1. The molecule has 0 heterocycles. The molecular weight excluding hydrogens is 266 g/mol. The predicted molar refractivity (Wildman–Crippen MR) is 57.4 cm³/mol. The van der Waals surface area contributed by atoms with Crippen LogP contribution in [0.5, 0.6) is 0 Å². The van der Waals surface area contributed by atoms with E-state index in [1.54, 1.807) is 6.92 Å². The number of carboxylic acids is 1. The van der Waals surface area contributed by atoms with Gasteiger partial charge in [0.15, 0.2) is 0 Å². The number of rotatable bonds is 3. The molecule has 0 amide bonds. The Labute approximate surface area is 94.0 Å². The summed E-state index contributed by atoms with van der Waals surface area (Å²) in [6.07, 6.45) is 0. The predicted octanol–water partition coefficient (Wildman–Crippen LogP) is 2.50. The Morgan fingerprint density at radius 1 is 1.60 bits per heavy atom. The van der Waals surface area contributed by atoms with Crippen LogP contribution in [0.2, 0.25) is 0 Å². The highest BCUT2D eigenvalue weighted by Gasteiger charge is 2.22. The molecule has 0 bridgehead atoms. The first-order valence-electron chi connectivity index (χ1n) is 4.05. The monoisotopic (exact) mass is 273 g/mol. The summed E-state index contributed by atoms with van der Waals surface area (Å²) in [4.78, 5) is 21.0. The Bertz CT molecular complexity index is 430. The number of nitro groups is 1. The van der Waals surface area contributed by atoms with Crippen molar-refractivity contribution in [3.05, 3.63) is 38.9 Å². The summed E-state index contributed by atoms with van der Waals surface area (Å²) < 4.78 is 0. The van der Waals surface area contributed by atoms with Gasteiger partial charge in [0.1, 0.15) is 0 Å². The van der Waals surface area contributed by atoms with Crippen molar-refractivity contribution < 1.29 is 14.8 Å². The van der Waals surface area contributed by atoms with Crippen molar-refractivity contribution in [2.75, 3.05) is 0 Å². The van der Waals surface area contributed by atoms with Gasteiger partial charge < -0.3 is 5.11 Å². The molecule has 15 heavy (non-hydrogen) atoms. The van der Waals surface area contributed by atoms with Gasteiger partial charge in [0.05, 0.1) is 16.1 Å². The molecule has 0 saturated heterocycles. The lowest BCUT2D eigenvalue weighted by molar-refractivity contribution is -0.386. The fourth-order valence-corrected chi connectivity index (χ4v) is 1.91. The fraction of sp³-hybridized carbons (Fsp3) is 0.222. The number of nitrogens with zero attached hydrogens (tertiary/aromatic N) is 1. The van der Waals surface area contributed by atoms with Crippen LogP contribution in [0.1, 0.15) is 21.5 Å². The Morgan fingerprint density at radius 2 is 2.20 bits per heavy atom. The summed E-state index contributed by atoms with van der Waals surface area (Å²) in [5.74, 6) is -1.16. The average molecular weight is 274 g/mol. The second kappa shape index (κ2) is 4.39. The van der Waals surface area contributed by atoms with E-state index in [-0.39, 0.29) is 22.1 Å². The summed E-state index contributed by atoms with van der Waals surface area (Å²) >= 11 is 3.06. The number of halogens is 1. The van der Waals surface area contributed by atoms with Crippen LogP contribution >= 0.6 is 15.9 Å². The summed E-state index contributed by atoms with van der Waals surface area (Å²) in [5.41, 5.74) is 0.489. The van der Waals surface area contributed by atoms with E-state index in [9.17, 15) is 14.9 Å². The van der Waals surface area contributed by atoms with Crippen LogP contribution in [-0.4, -0.2) is 16.0 Å². The number of carboxylic acid groups (broad SMARTS) is 1. The van der Waals surface area contributed by atoms with Crippen LogP contribution < -0.4 is 0 Å². The van der Waals surface area contributed by atoms with Gasteiger partial charge in [-0.2, -0.15) is 0 Å². The minimum Gasteiger partial charge on any atom is -0.478 e. The molecule has 0 aliphatic carbocycles. The van der Waals surface area contributed by atoms with Crippen LogP contribution in [0.25, 0.3) is 0 Å². The third-order valence-electron chi connectivity index (χ3n) is 2.03. The third-order valence-corrected chi connectivity index (χ3v) is 2.59. The maximum Gasteiger partial charge on any atom is 0.336 e. The minimum absolute atomic E-state index is 0.0378. The van der Waals surface area contributed by atoms with Gasteiger partial charge in [-0.05, 0) is 13.0 Å². The molecule has 0 fully saturated rings. The molecule has 1 rings (SSSR count). The summed E-state index contributed by atoms with van der Waals surface area (Å²) in [6, 6.07) is 2.81. The second-order valence-electron chi connectivity index (χ2n) is 2.95. The van der Waals surface area contributed by atoms with Gasteiger partial charge in [0.25, 0.3) is 5.69 Å². The molecule has 6 heteroatoms. The van der Waals surface area contributed by atoms with E-state index < -0.39 is 10.9 Å². The topological polar surface area (TPSA) is 80.4 Å². The smallest absolute Gasteiger partial charge is 0.336 e. The first kappa shape index (κ1) is 11.6. The van der Waals surface area contributed by atoms with Crippen molar-refractivity contribution in [2.24, 2.45) is 0 Å². The molecule has 0 aliphatic rings. The van der Waals surface area contributed by atoms with E-state index in [4.69, 9.17) is 5.11 Å². The SMILES string of the molecule is Cc1ccc(C(=O)O)c(CBr)c1[N+](=O)[O-]. The lowest BCUT2D eigenvalue weighted by atomic mass is 10.0. The summed E-state index contributed by atoms with van der Waals surface area (Å²) in [5, 5.41) is 19.8. The van der Waals surface area contributed by atoms with Crippen molar-refractivity contribution in [1.29, 1.82) is 0 Å². The Morgan fingerprint density at radius 3 is 2.60 bits per heavy atom. The molecule has 0 saturated carbocycles. The van der Waals surface area contributed by atoms with Crippen molar-refractivity contribution in [2.45, 2.75) is 12.3 Å². The first-order valence-corrected chi connectivity index (χ1v) is 5.17. The largest absolute Gasteiger partial charge is 0.478 e. The van der Waals surface area contributed by atoms with Crippen molar-refractivity contribution in [3.8, 4) is 0 Å². The zero-order valence-corrected chi connectivity index (χ0v) is 9.44. The highest BCUT2D eigenvalue weighted by molar-refractivity contribution is 9.08. The van der Waals surface area contributed by atoms with E-state index in [2.05, 4.69) is 15.9 Å². The number of carbonyl (C=O) groups is 1. The number of alkyl halides is 1. The lowest BCUT2D eigenvalue weighted by Crippen LogP contribution is -2.06. The average Bonchev–Trinajstić information content (AvgIpc) is 2.15. The van der Waals surface area contributed by atoms with Gasteiger partial charge in [0, 0.05) is 10.9 Å². The molecule has 80 valence electrons. The van der Waals surface area contributed by atoms with Crippen LogP contribution in [-0.2, 0) is 5.33 Å². The van der Waals surface area contributed by atoms with Crippen LogP contribution in [0.15, 0.2) is 12.1 Å². The van der Waals surface area contributed by atoms with E-state index in [0.717, 1.165) is 0 Å². The van der Waals surface area contributed by atoms with Gasteiger partial charge in [-0.15, -0.1) is 0 Å². The van der Waals surface area contributed by atoms with Crippen LogP contribution in [0.3, 0.4) is 0 Å². The Hall–Kier alpha value is -1.43. The first-order chi connectivity index (χ1) is 6.99. The van der Waals surface area contributed by atoms with Gasteiger partial charge >= 0.3 is 5.97 Å². The number of hydrogen-bond acceptors (Lipinski definition) is 3. The Balaban J connectivity index is 3.54. The molecule has 1 aromatic carbocycles. The molecule has 5 nitrogen and oxygen atoms in total. The van der Waals surface area contributed by atoms with Gasteiger partial charge in [0.2, 0.25) is 0 Å². The summed E-state index contributed by atoms with van der Waals surface area (Å²) in [7, 11) is 0. The number of aromatic carboxylic acids is 1. The summed E-state index contributed by atoms with van der Waals surface area (Å²) in [6.45, 7) is 1.58. The maximum absolute atomic E-state index is 10.8. The molecule has 1 N–H and O–H groups in total. The maximum atomic E-state index is 10.8. The van der Waals surface area contributed by atoms with Gasteiger partial charge in [-0.25, -0.2) is 4.79 Å². The normalized spacial score (nSPS) is 10.0. The van der Waals surface area contributed by atoms with Gasteiger partial charge in [-0.3, -0.25) is 10.1 Å². The molecule has 0 aromatic heterocycles. The molecule has 1 aromatic rings. The zero-order chi connectivity index (χ0) is 11.6. The highest BCUT2D eigenvalue weighted by Crippen LogP contribution is 2.28. The third kappa shape index (κ3) is 2.15. The minimum atomic E-state index is -1.16. The Kier molecular flexibility index (Phi) is 3.41. The van der Waals surface area contributed by atoms with Crippen molar-refractivity contribution >= 4 is 27.6 Å². The zero-order valence-electron chi connectivity index (χ0n) is 7.86. The molecule has 0 aliphatic heterocycles. The van der Waals surface area contributed by atoms with Crippen LogP contribution in [0.4, 0.5) is 5.69 Å². The van der Waals surface area contributed by atoms with Crippen molar-refractivity contribution in [1.82, 2.24) is 0 Å². The lowest BCUT2D eigenvalue weighted by Gasteiger charge is -2.05. The van der Waals surface area contributed by atoms with E-state index in [0.29, 0.717) is 5.56 Å². The van der Waals surface area contributed by atoms with Gasteiger partial charge in [-0.1, -0.05) is 22.0 Å².